The van der Waals surface area contributed by atoms with Crippen LogP contribution < -0.4 is 9.47 Å². The molecule has 0 fully saturated rings. The largest absolute Gasteiger partial charge is 0.497 e. The summed E-state index contributed by atoms with van der Waals surface area (Å²) in [6.45, 7) is 0. The van der Waals surface area contributed by atoms with Gasteiger partial charge in [0.15, 0.2) is 11.6 Å². The summed E-state index contributed by atoms with van der Waals surface area (Å²) in [4.78, 5) is 0. The Bertz CT molecular complexity index is 940. The lowest BCUT2D eigenvalue weighted by atomic mass is 10.1. The van der Waals surface area contributed by atoms with Crippen LogP contribution in [0.25, 0.3) is 10.8 Å². The van der Waals surface area contributed by atoms with Crippen LogP contribution in [0.3, 0.4) is 0 Å². The van der Waals surface area contributed by atoms with Crippen molar-refractivity contribution >= 4 is 10.8 Å². The van der Waals surface area contributed by atoms with Crippen molar-refractivity contribution in [1.82, 2.24) is 0 Å². The second-order valence-corrected chi connectivity index (χ2v) is 5.24. The average Bonchev–Trinajstić information content (AvgIpc) is 2.55. The van der Waals surface area contributed by atoms with Gasteiger partial charge in [-0.1, -0.05) is 6.07 Å². The smallest absolute Gasteiger partial charge is 0.429 e. The molecule has 0 saturated heterocycles. The Labute approximate surface area is 139 Å². The second kappa shape index (κ2) is 6.23. The van der Waals surface area contributed by atoms with Gasteiger partial charge in [-0.2, -0.15) is 8.78 Å². The highest BCUT2D eigenvalue weighted by molar-refractivity contribution is 5.84. The third-order valence-electron chi connectivity index (χ3n) is 3.59. The predicted octanol–water partition coefficient (Wildman–Crippen LogP) is 5.39. The van der Waals surface area contributed by atoms with Gasteiger partial charge < -0.3 is 9.47 Å². The normalized spacial score (nSPS) is 11.6. The third-order valence-corrected chi connectivity index (χ3v) is 3.59. The zero-order valence-corrected chi connectivity index (χ0v) is 12.8. The molecular formula is C18H11F5O2. The van der Waals surface area contributed by atoms with Crippen LogP contribution in [0.2, 0.25) is 0 Å². The maximum absolute atomic E-state index is 14.2. The van der Waals surface area contributed by atoms with E-state index in [0.29, 0.717) is 5.39 Å². The molecule has 0 aliphatic heterocycles. The van der Waals surface area contributed by atoms with Crippen LogP contribution in [-0.4, -0.2) is 7.11 Å². The van der Waals surface area contributed by atoms with E-state index in [1.165, 1.54) is 19.2 Å². The number of methoxy groups -OCH3 is 1. The molecule has 3 rings (SSSR count). The summed E-state index contributed by atoms with van der Waals surface area (Å²) >= 11 is 0. The lowest BCUT2D eigenvalue weighted by molar-refractivity contribution is -0.187. The lowest BCUT2D eigenvalue weighted by Gasteiger charge is -2.19. The first-order chi connectivity index (χ1) is 11.8. The minimum Gasteiger partial charge on any atom is -0.497 e. The molecule has 25 heavy (non-hydrogen) atoms. The van der Waals surface area contributed by atoms with Gasteiger partial charge in [0.1, 0.15) is 22.9 Å². The van der Waals surface area contributed by atoms with Gasteiger partial charge in [0, 0.05) is 6.07 Å². The number of rotatable bonds is 4. The fraction of sp³-hybridized carbons (Fsp3) is 0.111. The van der Waals surface area contributed by atoms with E-state index in [2.05, 4.69) is 4.74 Å². The summed E-state index contributed by atoms with van der Waals surface area (Å²) in [5, 5.41) is 0.479. The Morgan fingerprint density at radius 2 is 1.36 bits per heavy atom. The molecule has 0 aromatic heterocycles. The van der Waals surface area contributed by atoms with Crippen molar-refractivity contribution in [3.63, 3.8) is 0 Å². The molecule has 0 spiro atoms. The molecule has 0 atom stereocenters. The summed E-state index contributed by atoms with van der Waals surface area (Å²) in [6.07, 6.45) is -3.97. The van der Waals surface area contributed by atoms with Crippen molar-refractivity contribution < 1.29 is 31.4 Å². The van der Waals surface area contributed by atoms with Crippen LogP contribution in [0.5, 0.6) is 11.5 Å². The van der Waals surface area contributed by atoms with E-state index < -0.39 is 29.1 Å². The van der Waals surface area contributed by atoms with Crippen LogP contribution in [0, 0.1) is 17.5 Å². The first-order valence-electron chi connectivity index (χ1n) is 7.10. The molecule has 0 radical (unpaired) electrons. The zero-order valence-electron chi connectivity index (χ0n) is 12.8. The molecule has 0 heterocycles. The number of fused-ring (bicyclic) bond motifs is 1. The molecule has 0 N–H and O–H groups in total. The molecule has 3 aromatic rings. The monoisotopic (exact) mass is 354 g/mol. The summed E-state index contributed by atoms with van der Waals surface area (Å²) in [5.74, 6) is -3.60. The maximum Gasteiger partial charge on any atom is 0.429 e. The van der Waals surface area contributed by atoms with Crippen LogP contribution in [0.15, 0.2) is 48.5 Å². The van der Waals surface area contributed by atoms with E-state index in [1.54, 1.807) is 0 Å². The number of benzene rings is 3. The molecule has 0 amide bonds. The first-order valence-corrected chi connectivity index (χ1v) is 7.10. The molecule has 2 nitrogen and oxygen atoms in total. The third kappa shape index (κ3) is 3.35. The highest BCUT2D eigenvalue weighted by Crippen LogP contribution is 2.35. The minimum atomic E-state index is -3.97. The van der Waals surface area contributed by atoms with Crippen LogP contribution in [-0.2, 0) is 6.11 Å². The molecule has 0 aliphatic rings. The van der Waals surface area contributed by atoms with Crippen molar-refractivity contribution in [3.8, 4) is 11.5 Å². The van der Waals surface area contributed by atoms with Gasteiger partial charge in [-0.15, -0.1) is 0 Å². The van der Waals surface area contributed by atoms with Gasteiger partial charge in [-0.3, -0.25) is 0 Å². The number of halogens is 5. The van der Waals surface area contributed by atoms with E-state index in [0.717, 1.165) is 36.4 Å². The molecular weight excluding hydrogens is 343 g/mol. The SMILES string of the molecule is COc1ccc(C(F)(F)Oc2ccc3cc(F)c(F)cc3c2)c(F)c1. The van der Waals surface area contributed by atoms with E-state index >= 15 is 0 Å². The summed E-state index contributed by atoms with van der Waals surface area (Å²) in [5.41, 5.74) is -0.973. The van der Waals surface area contributed by atoms with Crippen molar-refractivity contribution in [2.45, 2.75) is 6.11 Å². The molecule has 130 valence electrons. The molecule has 0 bridgehead atoms. The quantitative estimate of drug-likeness (QED) is 0.585. The topological polar surface area (TPSA) is 18.5 Å². The van der Waals surface area contributed by atoms with Gasteiger partial charge in [0.25, 0.3) is 0 Å². The number of alkyl halides is 2. The summed E-state index contributed by atoms with van der Waals surface area (Å²) < 4.78 is 78.1. The Balaban J connectivity index is 1.95. The van der Waals surface area contributed by atoms with Crippen molar-refractivity contribution in [1.29, 1.82) is 0 Å². The summed E-state index contributed by atoms with van der Waals surface area (Å²) in [7, 11) is 1.28. The second-order valence-electron chi connectivity index (χ2n) is 5.24. The van der Waals surface area contributed by atoms with Crippen molar-refractivity contribution in [2.24, 2.45) is 0 Å². The van der Waals surface area contributed by atoms with Crippen LogP contribution in [0.1, 0.15) is 5.56 Å². The molecule has 3 aromatic carbocycles. The number of hydrogen-bond donors (Lipinski definition) is 0. The van der Waals surface area contributed by atoms with Crippen LogP contribution >= 0.6 is 0 Å². The Morgan fingerprint density at radius 1 is 0.720 bits per heavy atom. The van der Waals surface area contributed by atoms with Gasteiger partial charge in [-0.05, 0) is 47.2 Å². The summed E-state index contributed by atoms with van der Waals surface area (Å²) in [6, 6.07) is 8.22. The van der Waals surface area contributed by atoms with Gasteiger partial charge in [0.2, 0.25) is 0 Å². The van der Waals surface area contributed by atoms with E-state index in [9.17, 15) is 22.0 Å². The Hall–Kier alpha value is -2.83. The zero-order chi connectivity index (χ0) is 18.2. The predicted molar refractivity (Wildman–Crippen MR) is 81.3 cm³/mol. The standard InChI is InChI=1S/C18H11F5O2/c1-24-12-4-5-14(15(19)9-12)18(22,23)25-13-3-2-10-7-16(20)17(21)8-11(10)6-13/h2-9H,1H3. The van der Waals surface area contributed by atoms with Gasteiger partial charge in [0.05, 0.1) is 7.11 Å². The molecule has 0 saturated carbocycles. The molecule has 0 unspecified atom stereocenters. The lowest BCUT2D eigenvalue weighted by Crippen LogP contribution is -2.23. The van der Waals surface area contributed by atoms with E-state index in [4.69, 9.17) is 4.74 Å². The number of hydrogen-bond acceptors (Lipinski definition) is 2. The Kier molecular flexibility index (Phi) is 4.24. The highest BCUT2D eigenvalue weighted by Gasteiger charge is 2.37. The highest BCUT2D eigenvalue weighted by atomic mass is 19.3. The Morgan fingerprint density at radius 3 is 2.00 bits per heavy atom. The van der Waals surface area contributed by atoms with E-state index in [-0.39, 0.29) is 16.9 Å². The van der Waals surface area contributed by atoms with Gasteiger partial charge in [-0.25, -0.2) is 13.2 Å². The fourth-order valence-electron chi connectivity index (χ4n) is 2.35. The first kappa shape index (κ1) is 17.0. The number of ether oxygens (including phenoxy) is 2. The van der Waals surface area contributed by atoms with Gasteiger partial charge >= 0.3 is 6.11 Å². The maximum atomic E-state index is 14.2. The van der Waals surface area contributed by atoms with Crippen molar-refractivity contribution in [2.75, 3.05) is 7.11 Å². The molecule has 7 heteroatoms. The fourth-order valence-corrected chi connectivity index (χ4v) is 2.35. The average molecular weight is 354 g/mol. The van der Waals surface area contributed by atoms with Crippen molar-refractivity contribution in [3.05, 3.63) is 71.5 Å². The van der Waals surface area contributed by atoms with E-state index in [1.807, 2.05) is 0 Å². The van der Waals surface area contributed by atoms with Crippen LogP contribution in [0.4, 0.5) is 22.0 Å². The molecule has 0 aliphatic carbocycles. The minimum absolute atomic E-state index is 0.0836.